The van der Waals surface area contributed by atoms with E-state index in [-0.39, 0.29) is 12.5 Å². The second-order valence-electron chi connectivity index (χ2n) is 7.86. The summed E-state index contributed by atoms with van der Waals surface area (Å²) in [5.74, 6) is 0.956. The smallest absolute Gasteiger partial charge is 0.417 e. The molecule has 10 heteroatoms. The van der Waals surface area contributed by atoms with Crippen molar-refractivity contribution in [3.05, 3.63) is 64.8 Å². The highest BCUT2D eigenvalue weighted by molar-refractivity contribution is 5.79. The minimum atomic E-state index is -0.499. The number of hydrogen-bond donors (Lipinski definition) is 4. The van der Waals surface area contributed by atoms with Crippen LogP contribution in [0.1, 0.15) is 18.4 Å². The van der Waals surface area contributed by atoms with Gasteiger partial charge in [0.2, 0.25) is 5.95 Å². The standard InChI is InChI=1S/C23H22N6O4/c1-13-11-24-22(29-21(13)26-16-7-8-19-18(10-16)28-23(31)33-19)27-15-3-2-4-17(9-15)32-12-20(30)25-14-5-6-14/h2-4,7-11,14H,5-6,12H2,1H3,(H,25,30)(H,28,31)(H2,24,26,27,29). The highest BCUT2D eigenvalue weighted by Crippen LogP contribution is 2.24. The molecule has 2 aromatic carbocycles. The van der Waals surface area contributed by atoms with Gasteiger partial charge in [-0.1, -0.05) is 6.07 Å². The summed E-state index contributed by atoms with van der Waals surface area (Å²) in [6.45, 7) is 1.87. The molecule has 0 saturated heterocycles. The van der Waals surface area contributed by atoms with Gasteiger partial charge in [0, 0.05) is 35.2 Å². The molecule has 0 aliphatic heterocycles. The van der Waals surface area contributed by atoms with Crippen molar-refractivity contribution < 1.29 is 13.9 Å². The van der Waals surface area contributed by atoms with Gasteiger partial charge in [0.1, 0.15) is 11.6 Å². The van der Waals surface area contributed by atoms with Crippen molar-refractivity contribution in [1.29, 1.82) is 0 Å². The first-order chi connectivity index (χ1) is 16.0. The van der Waals surface area contributed by atoms with Crippen LogP contribution in [0.25, 0.3) is 11.1 Å². The Balaban J connectivity index is 1.27. The first-order valence-electron chi connectivity index (χ1n) is 10.5. The third-order valence-electron chi connectivity index (χ3n) is 5.06. The van der Waals surface area contributed by atoms with E-state index in [4.69, 9.17) is 9.15 Å². The number of benzene rings is 2. The molecule has 2 aromatic heterocycles. The number of anilines is 4. The normalized spacial score (nSPS) is 13.0. The molecule has 0 bridgehead atoms. The first kappa shape index (κ1) is 20.6. The Bertz CT molecular complexity index is 1370. The number of nitrogens with one attached hydrogen (secondary N) is 4. The summed E-state index contributed by atoms with van der Waals surface area (Å²) in [6, 6.07) is 12.8. The number of carbonyl (C=O) groups excluding carboxylic acids is 1. The van der Waals surface area contributed by atoms with Crippen LogP contribution in [0, 0.1) is 6.92 Å². The SMILES string of the molecule is Cc1cnc(Nc2cccc(OCC(=O)NC3CC3)c2)nc1Nc1ccc2oc(=O)[nH]c2c1. The minimum Gasteiger partial charge on any atom is -0.484 e. The van der Waals surface area contributed by atoms with Crippen molar-refractivity contribution in [3.63, 3.8) is 0 Å². The van der Waals surface area contributed by atoms with E-state index in [0.717, 1.165) is 29.8 Å². The molecule has 10 nitrogen and oxygen atoms in total. The number of H-pyrrole nitrogens is 1. The Morgan fingerprint density at radius 2 is 2.03 bits per heavy atom. The van der Waals surface area contributed by atoms with Crippen LogP contribution < -0.4 is 26.4 Å². The summed E-state index contributed by atoms with van der Waals surface area (Å²) in [5.41, 5.74) is 3.40. The lowest BCUT2D eigenvalue weighted by Crippen LogP contribution is -2.30. The van der Waals surface area contributed by atoms with Crippen molar-refractivity contribution in [3.8, 4) is 5.75 Å². The van der Waals surface area contributed by atoms with Gasteiger partial charge in [0.15, 0.2) is 12.2 Å². The van der Waals surface area contributed by atoms with Gasteiger partial charge >= 0.3 is 5.76 Å². The van der Waals surface area contributed by atoms with Crippen LogP contribution in [0.5, 0.6) is 5.75 Å². The maximum absolute atomic E-state index is 11.8. The molecule has 4 N–H and O–H groups in total. The van der Waals surface area contributed by atoms with Gasteiger partial charge in [-0.15, -0.1) is 0 Å². The van der Waals surface area contributed by atoms with Crippen LogP contribution in [0.3, 0.4) is 0 Å². The molecule has 0 atom stereocenters. The molecule has 1 saturated carbocycles. The van der Waals surface area contributed by atoms with E-state index in [2.05, 4.69) is 30.9 Å². The van der Waals surface area contributed by atoms with Crippen molar-refractivity contribution in [2.45, 2.75) is 25.8 Å². The zero-order chi connectivity index (χ0) is 22.8. The molecule has 1 aliphatic rings. The fourth-order valence-corrected chi connectivity index (χ4v) is 3.23. The zero-order valence-corrected chi connectivity index (χ0v) is 17.8. The van der Waals surface area contributed by atoms with Gasteiger partial charge in [-0.3, -0.25) is 9.78 Å². The Hall–Kier alpha value is -4.34. The van der Waals surface area contributed by atoms with Gasteiger partial charge in [-0.05, 0) is 50.1 Å². The highest BCUT2D eigenvalue weighted by atomic mass is 16.5. The lowest BCUT2D eigenvalue weighted by molar-refractivity contribution is -0.123. The number of amides is 1. The fourth-order valence-electron chi connectivity index (χ4n) is 3.23. The third-order valence-corrected chi connectivity index (χ3v) is 5.06. The average Bonchev–Trinajstić information content (AvgIpc) is 3.53. The van der Waals surface area contributed by atoms with Crippen LogP contribution in [0.15, 0.2) is 57.9 Å². The maximum Gasteiger partial charge on any atom is 0.417 e. The molecule has 33 heavy (non-hydrogen) atoms. The Kier molecular flexibility index (Phi) is 5.39. The van der Waals surface area contributed by atoms with Crippen LogP contribution in [-0.4, -0.2) is 33.5 Å². The predicted molar refractivity (Wildman–Crippen MR) is 123 cm³/mol. The van der Waals surface area contributed by atoms with Gasteiger partial charge in [-0.25, -0.2) is 9.78 Å². The molecular weight excluding hydrogens is 424 g/mol. The number of hydrogen-bond acceptors (Lipinski definition) is 8. The van der Waals surface area contributed by atoms with Crippen molar-refractivity contribution >= 4 is 40.1 Å². The molecule has 0 spiro atoms. The summed E-state index contributed by atoms with van der Waals surface area (Å²) < 4.78 is 10.6. The molecule has 0 unspecified atom stereocenters. The summed E-state index contributed by atoms with van der Waals surface area (Å²) in [6.07, 6.45) is 3.78. The topological polar surface area (TPSA) is 134 Å². The molecule has 1 amide bonds. The van der Waals surface area contributed by atoms with E-state index in [1.54, 1.807) is 36.5 Å². The van der Waals surface area contributed by atoms with Crippen LogP contribution in [0.2, 0.25) is 0 Å². The number of aromatic nitrogens is 3. The summed E-state index contributed by atoms with van der Waals surface area (Å²) in [5, 5.41) is 9.29. The molecule has 1 fully saturated rings. The van der Waals surface area contributed by atoms with E-state index >= 15 is 0 Å². The molecule has 4 aromatic rings. The maximum atomic E-state index is 11.8. The Morgan fingerprint density at radius 1 is 1.18 bits per heavy atom. The predicted octanol–water partition coefficient (Wildman–Crippen LogP) is 3.36. The molecule has 168 valence electrons. The van der Waals surface area contributed by atoms with Crippen molar-refractivity contribution in [2.75, 3.05) is 17.2 Å². The van der Waals surface area contributed by atoms with Gasteiger partial charge < -0.3 is 25.1 Å². The van der Waals surface area contributed by atoms with Crippen LogP contribution in [0.4, 0.5) is 23.1 Å². The summed E-state index contributed by atoms with van der Waals surface area (Å²) in [7, 11) is 0. The number of aryl methyl sites for hydroxylation is 1. The van der Waals surface area contributed by atoms with Crippen molar-refractivity contribution in [2.24, 2.45) is 0 Å². The van der Waals surface area contributed by atoms with Crippen LogP contribution >= 0.6 is 0 Å². The Morgan fingerprint density at radius 3 is 2.88 bits per heavy atom. The number of nitrogens with zero attached hydrogens (tertiary/aromatic N) is 2. The lowest BCUT2D eigenvalue weighted by Gasteiger charge is -2.12. The van der Waals surface area contributed by atoms with Gasteiger partial charge in [0.05, 0.1) is 5.52 Å². The zero-order valence-electron chi connectivity index (χ0n) is 17.8. The minimum absolute atomic E-state index is 0.0265. The van der Waals surface area contributed by atoms with E-state index in [9.17, 15) is 9.59 Å². The first-order valence-corrected chi connectivity index (χ1v) is 10.5. The van der Waals surface area contributed by atoms with E-state index in [0.29, 0.717) is 34.7 Å². The third kappa shape index (κ3) is 5.12. The molecule has 5 rings (SSSR count). The second kappa shape index (κ2) is 8.65. The van der Waals surface area contributed by atoms with E-state index < -0.39 is 5.76 Å². The van der Waals surface area contributed by atoms with Gasteiger partial charge in [0.25, 0.3) is 5.91 Å². The van der Waals surface area contributed by atoms with E-state index in [1.807, 2.05) is 19.1 Å². The molecule has 2 heterocycles. The number of ether oxygens (including phenoxy) is 1. The highest BCUT2D eigenvalue weighted by Gasteiger charge is 2.23. The number of aromatic amines is 1. The quantitative estimate of drug-likeness (QED) is 0.324. The van der Waals surface area contributed by atoms with Crippen molar-refractivity contribution in [1.82, 2.24) is 20.3 Å². The van der Waals surface area contributed by atoms with Crippen LogP contribution in [-0.2, 0) is 4.79 Å². The fraction of sp³-hybridized carbons (Fsp3) is 0.217. The Labute approximate surface area is 188 Å². The summed E-state index contributed by atoms with van der Waals surface area (Å²) in [4.78, 5) is 34.7. The number of fused-ring (bicyclic) bond motifs is 1. The lowest BCUT2D eigenvalue weighted by atomic mass is 10.2. The number of rotatable bonds is 8. The monoisotopic (exact) mass is 446 g/mol. The van der Waals surface area contributed by atoms with E-state index in [1.165, 1.54) is 0 Å². The summed E-state index contributed by atoms with van der Waals surface area (Å²) >= 11 is 0. The molecule has 1 aliphatic carbocycles. The van der Waals surface area contributed by atoms with Gasteiger partial charge in [-0.2, -0.15) is 4.98 Å². The number of oxazole rings is 1. The second-order valence-corrected chi connectivity index (χ2v) is 7.86. The average molecular weight is 446 g/mol. The molecule has 0 radical (unpaired) electrons. The largest absolute Gasteiger partial charge is 0.484 e. The molecular formula is C23H22N6O4. The number of carbonyl (C=O) groups is 1.